The summed E-state index contributed by atoms with van der Waals surface area (Å²) in [6.07, 6.45) is 1.75. The van der Waals surface area contributed by atoms with Gasteiger partial charge in [0.25, 0.3) is 5.92 Å². The number of halogens is 2. The van der Waals surface area contributed by atoms with E-state index in [2.05, 4.69) is 10.1 Å². The number of alkyl halides is 2. The quantitative estimate of drug-likeness (QED) is 0.714. The summed E-state index contributed by atoms with van der Waals surface area (Å²) >= 11 is 0. The van der Waals surface area contributed by atoms with Crippen molar-refractivity contribution < 1.29 is 23.4 Å². The Kier molecular flexibility index (Phi) is 5.96. The number of carboxylic acids is 1. The molecule has 2 aromatic carbocycles. The van der Waals surface area contributed by atoms with Gasteiger partial charge in [0.1, 0.15) is 18.1 Å². The number of hydrogen-bond donors (Lipinski definition) is 1. The van der Waals surface area contributed by atoms with Crippen molar-refractivity contribution in [3.8, 4) is 5.75 Å². The fourth-order valence-electron chi connectivity index (χ4n) is 2.88. The number of allylic oxidation sites excluding steroid dienone is 1. The van der Waals surface area contributed by atoms with E-state index in [9.17, 15) is 13.6 Å². The molecule has 0 bridgehead atoms. The fraction of sp³-hybridized carbons (Fsp3) is 0.227. The number of methoxy groups -OCH3 is 1. The van der Waals surface area contributed by atoms with Gasteiger partial charge in [0, 0.05) is 18.1 Å². The summed E-state index contributed by atoms with van der Waals surface area (Å²) in [6, 6.07) is 13.2. The molecule has 1 aliphatic rings. The maximum atomic E-state index is 13.5. The molecule has 6 nitrogen and oxygen atoms in total. The van der Waals surface area contributed by atoms with E-state index in [1.165, 1.54) is 24.1 Å². The van der Waals surface area contributed by atoms with Gasteiger partial charge < -0.3 is 9.84 Å². The third-order valence-corrected chi connectivity index (χ3v) is 4.58. The standard InChI is InChI=1S/C22H21F2N3O3/c1-14(21(28)29)26-27-13-25-19(15-4-8-17(9-5-15)22(2,23)24)12-20(27)16-6-10-18(30-3)11-7-16/h4-12H,13H2,1-3H3,(H,28,29)/b26-14+. The lowest BCUT2D eigenvalue weighted by Crippen LogP contribution is -2.25. The van der Waals surface area contributed by atoms with Crippen LogP contribution in [0, 0.1) is 0 Å². The fourth-order valence-corrected chi connectivity index (χ4v) is 2.88. The average Bonchev–Trinajstić information content (AvgIpc) is 2.73. The van der Waals surface area contributed by atoms with Crippen LogP contribution in [0.15, 0.2) is 64.7 Å². The van der Waals surface area contributed by atoms with E-state index in [-0.39, 0.29) is 17.9 Å². The van der Waals surface area contributed by atoms with E-state index >= 15 is 0 Å². The molecule has 0 saturated heterocycles. The summed E-state index contributed by atoms with van der Waals surface area (Å²) in [6.45, 7) is 2.34. The first-order valence-corrected chi connectivity index (χ1v) is 9.14. The largest absolute Gasteiger partial charge is 0.497 e. The summed E-state index contributed by atoms with van der Waals surface area (Å²) in [5, 5.41) is 14.8. The Bertz CT molecular complexity index is 1020. The SMILES string of the molecule is COc1ccc(C2=CC(c3ccc(C(C)(F)F)cc3)=NCN2/N=C(\C)C(=O)O)cc1. The highest BCUT2D eigenvalue weighted by Crippen LogP contribution is 2.29. The molecule has 1 aliphatic heterocycles. The zero-order valence-corrected chi connectivity index (χ0v) is 16.8. The maximum absolute atomic E-state index is 13.5. The van der Waals surface area contributed by atoms with Gasteiger partial charge in [-0.2, -0.15) is 5.10 Å². The van der Waals surface area contributed by atoms with Crippen molar-refractivity contribution in [3.63, 3.8) is 0 Å². The number of carbonyl (C=O) groups is 1. The molecule has 2 aromatic rings. The van der Waals surface area contributed by atoms with Gasteiger partial charge >= 0.3 is 5.97 Å². The predicted octanol–water partition coefficient (Wildman–Crippen LogP) is 4.37. The Morgan fingerprint density at radius 2 is 1.73 bits per heavy atom. The normalized spacial score (nSPS) is 14.8. The van der Waals surface area contributed by atoms with Gasteiger partial charge in [-0.05, 0) is 42.8 Å². The van der Waals surface area contributed by atoms with Crippen LogP contribution in [0.25, 0.3) is 5.70 Å². The van der Waals surface area contributed by atoms with Crippen molar-refractivity contribution in [2.45, 2.75) is 19.8 Å². The second-order valence-corrected chi connectivity index (χ2v) is 6.80. The number of aliphatic imine (C=N–C) groups is 1. The van der Waals surface area contributed by atoms with Gasteiger partial charge in [-0.3, -0.25) is 4.99 Å². The Labute approximate surface area is 172 Å². The second-order valence-electron chi connectivity index (χ2n) is 6.80. The highest BCUT2D eigenvalue weighted by molar-refractivity contribution is 6.34. The number of aliphatic carboxylic acids is 1. The van der Waals surface area contributed by atoms with Crippen LogP contribution in [0.5, 0.6) is 5.75 Å². The Morgan fingerprint density at radius 3 is 2.27 bits per heavy atom. The van der Waals surface area contributed by atoms with Gasteiger partial charge in [0.05, 0.1) is 18.5 Å². The number of hydrogen-bond acceptors (Lipinski definition) is 5. The van der Waals surface area contributed by atoms with Gasteiger partial charge in [-0.15, -0.1) is 0 Å². The minimum Gasteiger partial charge on any atom is -0.497 e. The van der Waals surface area contributed by atoms with E-state index in [4.69, 9.17) is 9.84 Å². The van der Waals surface area contributed by atoms with E-state index in [1.54, 1.807) is 37.5 Å². The molecule has 1 N–H and O–H groups in total. The number of benzene rings is 2. The minimum atomic E-state index is -2.92. The molecule has 0 spiro atoms. The first-order valence-electron chi connectivity index (χ1n) is 9.14. The molecule has 1 heterocycles. The molecule has 0 amide bonds. The summed E-state index contributed by atoms with van der Waals surface area (Å²) in [5.41, 5.74) is 2.52. The molecule has 0 fully saturated rings. The Balaban J connectivity index is 2.00. The monoisotopic (exact) mass is 413 g/mol. The lowest BCUT2D eigenvalue weighted by Gasteiger charge is -2.25. The summed E-state index contributed by atoms with van der Waals surface area (Å²) < 4.78 is 32.2. The minimum absolute atomic E-state index is 0.0784. The van der Waals surface area contributed by atoms with Crippen molar-refractivity contribution in [1.29, 1.82) is 0 Å². The van der Waals surface area contributed by atoms with Crippen LogP contribution in [-0.4, -0.2) is 41.3 Å². The number of rotatable bonds is 6. The van der Waals surface area contributed by atoms with Gasteiger partial charge in [-0.25, -0.2) is 18.6 Å². The lowest BCUT2D eigenvalue weighted by molar-refractivity contribution is -0.129. The molecule has 0 aliphatic carbocycles. The maximum Gasteiger partial charge on any atom is 0.351 e. The topological polar surface area (TPSA) is 74.5 Å². The molecule has 0 saturated carbocycles. The van der Waals surface area contributed by atoms with Gasteiger partial charge in [-0.1, -0.05) is 24.3 Å². The summed E-state index contributed by atoms with van der Waals surface area (Å²) in [7, 11) is 1.57. The van der Waals surface area contributed by atoms with Crippen LogP contribution in [0.1, 0.15) is 30.5 Å². The van der Waals surface area contributed by atoms with Crippen LogP contribution < -0.4 is 4.74 Å². The third-order valence-electron chi connectivity index (χ3n) is 4.58. The first kappa shape index (κ1) is 21.2. The molecule has 0 unspecified atom stereocenters. The van der Waals surface area contributed by atoms with Gasteiger partial charge in [0.15, 0.2) is 0 Å². The molecular weight excluding hydrogens is 392 g/mol. The molecule has 30 heavy (non-hydrogen) atoms. The summed E-state index contributed by atoms with van der Waals surface area (Å²) in [5.74, 6) is -3.37. The zero-order valence-electron chi connectivity index (χ0n) is 16.8. The van der Waals surface area contributed by atoms with Crippen LogP contribution in [0.3, 0.4) is 0 Å². The molecule has 0 atom stereocenters. The molecule has 8 heteroatoms. The first-order chi connectivity index (χ1) is 14.2. The number of ether oxygens (including phenoxy) is 1. The molecule has 0 aromatic heterocycles. The van der Waals surface area contributed by atoms with E-state index in [1.807, 2.05) is 12.1 Å². The van der Waals surface area contributed by atoms with Crippen molar-refractivity contribution in [2.75, 3.05) is 13.8 Å². The van der Waals surface area contributed by atoms with Crippen LogP contribution in [0.4, 0.5) is 8.78 Å². The van der Waals surface area contributed by atoms with Crippen molar-refractivity contribution >= 4 is 23.1 Å². The lowest BCUT2D eigenvalue weighted by atomic mass is 10.0. The van der Waals surface area contributed by atoms with E-state index < -0.39 is 11.9 Å². The predicted molar refractivity (Wildman–Crippen MR) is 111 cm³/mol. The average molecular weight is 413 g/mol. The van der Waals surface area contributed by atoms with Crippen molar-refractivity contribution in [1.82, 2.24) is 5.01 Å². The van der Waals surface area contributed by atoms with Crippen LogP contribution in [-0.2, 0) is 10.7 Å². The molecule has 0 radical (unpaired) electrons. The van der Waals surface area contributed by atoms with Crippen molar-refractivity contribution in [3.05, 3.63) is 71.3 Å². The third kappa shape index (κ3) is 4.71. The van der Waals surface area contributed by atoms with E-state index in [0.29, 0.717) is 22.7 Å². The summed E-state index contributed by atoms with van der Waals surface area (Å²) in [4.78, 5) is 15.7. The Morgan fingerprint density at radius 1 is 1.13 bits per heavy atom. The smallest absolute Gasteiger partial charge is 0.351 e. The number of hydrazone groups is 1. The molecular formula is C22H21F2N3O3. The van der Waals surface area contributed by atoms with Crippen LogP contribution >= 0.6 is 0 Å². The zero-order chi connectivity index (χ0) is 21.9. The highest BCUT2D eigenvalue weighted by Gasteiger charge is 2.24. The second kappa shape index (κ2) is 8.44. The number of nitrogens with zero attached hydrogens (tertiary/aromatic N) is 3. The Hall–Kier alpha value is -3.55. The number of carboxylic acid groups (broad SMARTS) is 1. The van der Waals surface area contributed by atoms with Gasteiger partial charge in [0.2, 0.25) is 0 Å². The highest BCUT2D eigenvalue weighted by atomic mass is 19.3. The van der Waals surface area contributed by atoms with E-state index in [0.717, 1.165) is 12.5 Å². The molecule has 156 valence electrons. The van der Waals surface area contributed by atoms with Crippen molar-refractivity contribution in [2.24, 2.45) is 10.1 Å². The molecule has 3 rings (SSSR count). The van der Waals surface area contributed by atoms with Crippen LogP contribution in [0.2, 0.25) is 0 Å².